The number of aliphatic hydroxyl groups excluding tert-OH is 1. The van der Waals surface area contributed by atoms with Gasteiger partial charge in [-0.1, -0.05) is 0 Å². The minimum atomic E-state index is -4.65. The zero-order valence-corrected chi connectivity index (χ0v) is 26.7. The standard InChI is InChI=1S/C34H34F3N9O2/c1-44(10-11-48-3)18-22-13-26-27(28(14-22)34(35,36)37)19-46(32(26)47)30-16-23(15-29(41-30)42-33(6-7-33)8-9-38)25-12-21(17-39)4-5-24(25)31-43-40-20-45(31)2/h4-5,12-16,20,32,47H,6-8,10-11,18-19H2,1-3H3,(H,41,42). The zero-order valence-electron chi connectivity index (χ0n) is 26.7. The molecule has 2 aliphatic rings. The van der Waals surface area contributed by atoms with Crippen LogP contribution in [0, 0.1) is 22.7 Å². The number of halogens is 3. The van der Waals surface area contributed by atoms with Crippen molar-refractivity contribution < 1.29 is 23.0 Å². The lowest BCUT2D eigenvalue weighted by Crippen LogP contribution is -2.25. The summed E-state index contributed by atoms with van der Waals surface area (Å²) in [6.45, 7) is 0.939. The Bertz CT molecular complexity index is 1920. The third-order valence-electron chi connectivity index (χ3n) is 8.86. The topological polar surface area (TPSA) is 139 Å². The summed E-state index contributed by atoms with van der Waals surface area (Å²) in [4.78, 5) is 8.07. The summed E-state index contributed by atoms with van der Waals surface area (Å²) >= 11 is 0. The highest BCUT2D eigenvalue weighted by atomic mass is 19.4. The number of fused-ring (bicyclic) bond motifs is 1. The predicted molar refractivity (Wildman–Crippen MR) is 171 cm³/mol. The molecule has 6 rings (SSSR count). The number of benzene rings is 2. The number of anilines is 2. The van der Waals surface area contributed by atoms with E-state index in [9.17, 15) is 28.8 Å². The highest BCUT2D eigenvalue weighted by Gasteiger charge is 2.44. The molecular formula is C34H34F3N9O2. The van der Waals surface area contributed by atoms with E-state index in [2.05, 4.69) is 27.7 Å². The van der Waals surface area contributed by atoms with Gasteiger partial charge in [0, 0.05) is 44.9 Å². The monoisotopic (exact) mass is 657 g/mol. The Labute approximate surface area is 275 Å². The van der Waals surface area contributed by atoms with Gasteiger partial charge in [0.25, 0.3) is 0 Å². The van der Waals surface area contributed by atoms with Crippen LogP contribution >= 0.6 is 0 Å². The first-order valence-electron chi connectivity index (χ1n) is 15.4. The Morgan fingerprint density at radius 1 is 1.15 bits per heavy atom. The number of nitriles is 2. The maximum atomic E-state index is 14.5. The highest BCUT2D eigenvalue weighted by Crippen LogP contribution is 2.46. The molecular weight excluding hydrogens is 623 g/mol. The number of likely N-dealkylation sites (N-methyl/N-ethyl adjacent to an activating group) is 1. The molecule has 11 nitrogen and oxygen atoms in total. The van der Waals surface area contributed by atoms with Gasteiger partial charge in [-0.15, -0.1) is 10.2 Å². The number of hydrogen-bond acceptors (Lipinski definition) is 10. The molecule has 1 atom stereocenters. The van der Waals surface area contributed by atoms with Gasteiger partial charge in [-0.05, 0) is 84.6 Å². The molecule has 2 aromatic carbocycles. The van der Waals surface area contributed by atoms with Crippen LogP contribution in [0.5, 0.6) is 0 Å². The second kappa shape index (κ2) is 12.9. The summed E-state index contributed by atoms with van der Waals surface area (Å²) < 4.78 is 50.3. The zero-order chi connectivity index (χ0) is 34.2. The molecule has 48 heavy (non-hydrogen) atoms. The molecule has 2 N–H and O–H groups in total. The van der Waals surface area contributed by atoms with Crippen LogP contribution in [0.1, 0.15) is 53.3 Å². The predicted octanol–water partition coefficient (Wildman–Crippen LogP) is 5.38. The van der Waals surface area contributed by atoms with Gasteiger partial charge in [0.05, 0.1) is 41.8 Å². The Kier molecular flexibility index (Phi) is 8.83. The number of nitrogens with one attached hydrogen (secondary N) is 1. The summed E-state index contributed by atoms with van der Waals surface area (Å²) in [5.41, 5.74) is 1.54. The van der Waals surface area contributed by atoms with Crippen molar-refractivity contribution in [3.8, 4) is 34.7 Å². The van der Waals surface area contributed by atoms with E-state index in [1.54, 1.807) is 68.5 Å². The number of ether oxygens (including phenoxy) is 1. The van der Waals surface area contributed by atoms with Crippen LogP contribution in [0.2, 0.25) is 0 Å². The number of alkyl halides is 3. The van der Waals surface area contributed by atoms with Gasteiger partial charge < -0.3 is 24.6 Å². The van der Waals surface area contributed by atoms with Crippen molar-refractivity contribution in [1.29, 1.82) is 10.5 Å². The SMILES string of the molecule is COCCN(C)Cc1cc2c(c(C(F)(F)F)c1)CN(c1cc(-c3cc(C#N)ccc3-c3nncn3C)cc(NC3(CC#N)CC3)n1)C2O. The molecule has 14 heteroatoms. The van der Waals surface area contributed by atoms with Crippen molar-refractivity contribution in [2.45, 2.75) is 50.3 Å². The van der Waals surface area contributed by atoms with Crippen LogP contribution in [-0.4, -0.2) is 62.6 Å². The van der Waals surface area contributed by atoms with E-state index in [1.165, 1.54) is 4.90 Å². The number of aliphatic hydroxyl groups is 1. The van der Waals surface area contributed by atoms with Crippen molar-refractivity contribution in [2.24, 2.45) is 7.05 Å². The second-order valence-electron chi connectivity index (χ2n) is 12.4. The van der Waals surface area contributed by atoms with Gasteiger partial charge in [-0.3, -0.25) is 4.90 Å². The summed E-state index contributed by atoms with van der Waals surface area (Å²) in [6.07, 6.45) is -2.76. The van der Waals surface area contributed by atoms with Crippen molar-refractivity contribution in [3.63, 3.8) is 0 Å². The molecule has 1 aliphatic carbocycles. The number of nitrogens with zero attached hydrogens (tertiary/aromatic N) is 8. The molecule has 1 fully saturated rings. The van der Waals surface area contributed by atoms with E-state index in [1.807, 2.05) is 4.90 Å². The quantitative estimate of drug-likeness (QED) is 0.216. The maximum Gasteiger partial charge on any atom is 0.416 e. The third kappa shape index (κ3) is 6.55. The Morgan fingerprint density at radius 3 is 2.58 bits per heavy atom. The van der Waals surface area contributed by atoms with Gasteiger partial charge in [0.1, 0.15) is 18.0 Å². The van der Waals surface area contributed by atoms with Gasteiger partial charge in [-0.2, -0.15) is 23.7 Å². The largest absolute Gasteiger partial charge is 0.416 e. The Balaban J connectivity index is 1.46. The molecule has 4 aromatic rings. The lowest BCUT2D eigenvalue weighted by Gasteiger charge is -2.25. The fraction of sp³-hybridized carbons (Fsp3) is 0.382. The van der Waals surface area contributed by atoms with Crippen LogP contribution in [0.15, 0.2) is 48.8 Å². The number of methoxy groups -OCH3 is 1. The molecule has 1 aliphatic heterocycles. The summed E-state index contributed by atoms with van der Waals surface area (Å²) in [6, 6.07) is 15.8. The van der Waals surface area contributed by atoms with Gasteiger partial charge in [0.2, 0.25) is 0 Å². The summed E-state index contributed by atoms with van der Waals surface area (Å²) in [5, 5.41) is 42.5. The molecule has 248 valence electrons. The average Bonchev–Trinajstić information content (AvgIpc) is 3.53. The maximum absolute atomic E-state index is 14.5. The minimum Gasteiger partial charge on any atom is -0.383 e. The van der Waals surface area contributed by atoms with Gasteiger partial charge in [-0.25, -0.2) is 4.98 Å². The van der Waals surface area contributed by atoms with Crippen molar-refractivity contribution in [1.82, 2.24) is 24.6 Å². The van der Waals surface area contributed by atoms with E-state index in [-0.39, 0.29) is 36.5 Å². The lowest BCUT2D eigenvalue weighted by atomic mass is 9.97. The summed E-state index contributed by atoms with van der Waals surface area (Å²) in [5.74, 6) is 1.16. The molecule has 0 bridgehead atoms. The average molecular weight is 658 g/mol. The fourth-order valence-electron chi connectivity index (χ4n) is 6.15. The molecule has 0 amide bonds. The molecule has 1 unspecified atom stereocenters. The second-order valence-corrected chi connectivity index (χ2v) is 12.4. The molecule has 2 aromatic heterocycles. The normalized spacial score (nSPS) is 16.5. The molecule has 0 saturated heterocycles. The first-order valence-corrected chi connectivity index (χ1v) is 15.4. The van der Waals surface area contributed by atoms with Crippen LogP contribution in [0.25, 0.3) is 22.5 Å². The fourth-order valence-corrected chi connectivity index (χ4v) is 6.15. The number of rotatable bonds is 11. The van der Waals surface area contributed by atoms with Crippen LogP contribution in [0.4, 0.5) is 24.8 Å². The van der Waals surface area contributed by atoms with Crippen LogP contribution in [-0.2, 0) is 31.1 Å². The van der Waals surface area contributed by atoms with Gasteiger partial charge in [0.15, 0.2) is 12.1 Å². The first kappa shape index (κ1) is 32.9. The highest BCUT2D eigenvalue weighted by molar-refractivity contribution is 5.84. The molecule has 1 saturated carbocycles. The Morgan fingerprint density at radius 2 is 1.94 bits per heavy atom. The van der Waals surface area contributed by atoms with Crippen LogP contribution in [0.3, 0.4) is 0 Å². The van der Waals surface area contributed by atoms with Crippen LogP contribution < -0.4 is 10.2 Å². The number of aromatic nitrogens is 4. The minimum absolute atomic E-state index is 0.0191. The van der Waals surface area contributed by atoms with Crippen molar-refractivity contribution in [2.75, 3.05) is 37.5 Å². The van der Waals surface area contributed by atoms with Gasteiger partial charge >= 0.3 is 6.18 Å². The van der Waals surface area contributed by atoms with E-state index in [4.69, 9.17) is 9.72 Å². The molecule has 0 radical (unpaired) electrons. The number of pyridine rings is 1. The Hall–Kier alpha value is -5.02. The van der Waals surface area contributed by atoms with Crippen molar-refractivity contribution >= 4 is 11.6 Å². The number of aryl methyl sites for hydroxylation is 1. The van der Waals surface area contributed by atoms with Crippen molar-refractivity contribution in [3.05, 3.63) is 76.6 Å². The van der Waals surface area contributed by atoms with E-state index in [0.29, 0.717) is 52.6 Å². The van der Waals surface area contributed by atoms with E-state index < -0.39 is 23.5 Å². The smallest absolute Gasteiger partial charge is 0.383 e. The van der Waals surface area contributed by atoms with E-state index >= 15 is 0 Å². The lowest BCUT2D eigenvalue weighted by molar-refractivity contribution is -0.138. The number of hydrogen-bond donors (Lipinski definition) is 2. The first-order chi connectivity index (χ1) is 22.9. The van der Waals surface area contributed by atoms with E-state index in [0.717, 1.165) is 18.9 Å². The molecule has 0 spiro atoms. The molecule has 3 heterocycles. The third-order valence-corrected chi connectivity index (χ3v) is 8.86. The summed E-state index contributed by atoms with van der Waals surface area (Å²) in [7, 11) is 5.15.